The SMILES string of the molecule is C[C@@H](Sc1nnc(-c2ccccc2)o1)C(=O)Nc1ccc(F)c(Cl)c1. The molecule has 8 heteroatoms. The van der Waals surface area contributed by atoms with E-state index in [1.807, 2.05) is 30.3 Å². The fraction of sp³-hybridized carbons (Fsp3) is 0.118. The number of thioether (sulfide) groups is 1. The zero-order valence-electron chi connectivity index (χ0n) is 13.1. The second kappa shape index (κ2) is 7.67. The summed E-state index contributed by atoms with van der Waals surface area (Å²) in [6.07, 6.45) is 0. The van der Waals surface area contributed by atoms with E-state index in [-0.39, 0.29) is 10.9 Å². The molecule has 0 spiro atoms. The van der Waals surface area contributed by atoms with Gasteiger partial charge in [0.15, 0.2) is 0 Å². The lowest BCUT2D eigenvalue weighted by atomic mass is 10.2. The molecular weight excluding hydrogens is 365 g/mol. The number of hydrogen-bond donors (Lipinski definition) is 1. The van der Waals surface area contributed by atoms with Gasteiger partial charge >= 0.3 is 0 Å². The van der Waals surface area contributed by atoms with Gasteiger partial charge in [0.25, 0.3) is 5.22 Å². The van der Waals surface area contributed by atoms with Crippen molar-refractivity contribution in [3.05, 3.63) is 59.4 Å². The van der Waals surface area contributed by atoms with Crippen molar-refractivity contribution in [2.24, 2.45) is 0 Å². The largest absolute Gasteiger partial charge is 0.411 e. The van der Waals surface area contributed by atoms with Crippen LogP contribution in [0.2, 0.25) is 5.02 Å². The first-order valence-corrected chi connectivity index (χ1v) is 8.60. The van der Waals surface area contributed by atoms with Crippen molar-refractivity contribution in [2.45, 2.75) is 17.4 Å². The Labute approximate surface area is 152 Å². The van der Waals surface area contributed by atoms with E-state index in [0.717, 1.165) is 17.3 Å². The summed E-state index contributed by atoms with van der Waals surface area (Å²) in [6, 6.07) is 13.3. The summed E-state index contributed by atoms with van der Waals surface area (Å²) >= 11 is 6.84. The third-order valence-corrected chi connectivity index (χ3v) is 4.49. The number of carbonyl (C=O) groups excluding carboxylic acids is 1. The number of aromatic nitrogens is 2. The smallest absolute Gasteiger partial charge is 0.277 e. The molecule has 25 heavy (non-hydrogen) atoms. The van der Waals surface area contributed by atoms with Gasteiger partial charge in [0, 0.05) is 11.3 Å². The van der Waals surface area contributed by atoms with Crippen LogP contribution >= 0.6 is 23.4 Å². The first-order valence-electron chi connectivity index (χ1n) is 7.34. The average Bonchev–Trinajstić information content (AvgIpc) is 3.07. The Morgan fingerprint density at radius 2 is 2.00 bits per heavy atom. The lowest BCUT2D eigenvalue weighted by Crippen LogP contribution is -2.22. The van der Waals surface area contributed by atoms with E-state index in [4.69, 9.17) is 16.0 Å². The van der Waals surface area contributed by atoms with Gasteiger partial charge in [-0.25, -0.2) is 4.39 Å². The van der Waals surface area contributed by atoms with Crippen molar-refractivity contribution in [2.75, 3.05) is 5.32 Å². The van der Waals surface area contributed by atoms with Gasteiger partial charge in [-0.1, -0.05) is 41.6 Å². The summed E-state index contributed by atoms with van der Waals surface area (Å²) in [5.74, 6) is -0.436. The molecule has 0 saturated heterocycles. The maximum Gasteiger partial charge on any atom is 0.277 e. The van der Waals surface area contributed by atoms with E-state index in [2.05, 4.69) is 15.5 Å². The number of halogens is 2. The van der Waals surface area contributed by atoms with Gasteiger partial charge in [0.1, 0.15) is 5.82 Å². The molecule has 0 aliphatic heterocycles. The predicted molar refractivity (Wildman–Crippen MR) is 95.1 cm³/mol. The van der Waals surface area contributed by atoms with Crippen LogP contribution in [0.15, 0.2) is 58.2 Å². The summed E-state index contributed by atoms with van der Waals surface area (Å²) in [5, 5.41) is 10.3. The number of nitrogens with zero attached hydrogens (tertiary/aromatic N) is 2. The molecule has 128 valence electrons. The van der Waals surface area contributed by atoms with Crippen LogP contribution in [-0.4, -0.2) is 21.4 Å². The van der Waals surface area contributed by atoms with Crippen LogP contribution < -0.4 is 5.32 Å². The molecule has 0 radical (unpaired) electrons. The molecule has 1 aromatic heterocycles. The van der Waals surface area contributed by atoms with Crippen LogP contribution in [0.5, 0.6) is 0 Å². The molecule has 1 amide bonds. The normalized spacial score (nSPS) is 12.0. The highest BCUT2D eigenvalue weighted by atomic mass is 35.5. The molecule has 2 aromatic carbocycles. The number of hydrogen-bond acceptors (Lipinski definition) is 5. The summed E-state index contributed by atoms with van der Waals surface area (Å²) < 4.78 is 18.7. The zero-order valence-corrected chi connectivity index (χ0v) is 14.6. The van der Waals surface area contributed by atoms with E-state index in [0.29, 0.717) is 16.8 Å². The number of carbonyl (C=O) groups is 1. The maximum absolute atomic E-state index is 13.1. The van der Waals surface area contributed by atoms with Crippen molar-refractivity contribution in [3.8, 4) is 11.5 Å². The lowest BCUT2D eigenvalue weighted by molar-refractivity contribution is -0.115. The van der Waals surface area contributed by atoms with Gasteiger partial charge < -0.3 is 9.73 Å². The van der Waals surface area contributed by atoms with Crippen molar-refractivity contribution < 1.29 is 13.6 Å². The Morgan fingerprint density at radius 1 is 1.24 bits per heavy atom. The highest BCUT2D eigenvalue weighted by Gasteiger charge is 2.19. The molecule has 0 unspecified atom stereocenters. The highest BCUT2D eigenvalue weighted by Crippen LogP contribution is 2.27. The first kappa shape index (κ1) is 17.4. The van der Waals surface area contributed by atoms with E-state index < -0.39 is 11.1 Å². The molecule has 5 nitrogen and oxygen atoms in total. The predicted octanol–water partition coefficient (Wildman–Crippen LogP) is 4.65. The Hall–Kier alpha value is -2.38. The number of rotatable bonds is 5. The molecule has 1 atom stereocenters. The average molecular weight is 378 g/mol. The molecular formula is C17H13ClFN3O2S. The van der Waals surface area contributed by atoms with Crippen LogP contribution in [0.1, 0.15) is 6.92 Å². The van der Waals surface area contributed by atoms with Gasteiger partial charge in [-0.05, 0) is 37.3 Å². The second-order valence-electron chi connectivity index (χ2n) is 5.12. The summed E-state index contributed by atoms with van der Waals surface area (Å²) in [6.45, 7) is 1.71. The molecule has 1 N–H and O–H groups in total. The summed E-state index contributed by atoms with van der Waals surface area (Å²) in [7, 11) is 0. The van der Waals surface area contributed by atoms with Crippen LogP contribution in [-0.2, 0) is 4.79 Å². The van der Waals surface area contributed by atoms with Crippen LogP contribution in [0.3, 0.4) is 0 Å². The standard InChI is InChI=1S/C17H13ClFN3O2S/c1-10(15(23)20-12-7-8-14(19)13(18)9-12)25-17-22-21-16(24-17)11-5-3-2-4-6-11/h2-10H,1H3,(H,20,23)/t10-/m1/s1. The van der Waals surface area contributed by atoms with Crippen LogP contribution in [0, 0.1) is 5.82 Å². The second-order valence-corrected chi connectivity index (χ2v) is 6.82. The lowest BCUT2D eigenvalue weighted by Gasteiger charge is -2.10. The van der Waals surface area contributed by atoms with Crippen molar-refractivity contribution in [1.29, 1.82) is 0 Å². The van der Waals surface area contributed by atoms with Crippen LogP contribution in [0.4, 0.5) is 10.1 Å². The molecule has 0 bridgehead atoms. The molecule has 0 aliphatic rings. The minimum Gasteiger partial charge on any atom is -0.411 e. The number of benzene rings is 2. The molecule has 0 saturated carbocycles. The first-order chi connectivity index (χ1) is 12.0. The van der Waals surface area contributed by atoms with E-state index >= 15 is 0 Å². The van der Waals surface area contributed by atoms with Crippen molar-refractivity contribution >= 4 is 35.0 Å². The molecule has 0 fully saturated rings. The topological polar surface area (TPSA) is 68.0 Å². The molecule has 0 aliphatic carbocycles. The van der Waals surface area contributed by atoms with E-state index in [9.17, 15) is 9.18 Å². The van der Waals surface area contributed by atoms with Gasteiger partial charge in [0.2, 0.25) is 11.8 Å². The van der Waals surface area contributed by atoms with Gasteiger partial charge in [-0.3, -0.25) is 4.79 Å². The molecule has 1 heterocycles. The van der Waals surface area contributed by atoms with Crippen molar-refractivity contribution in [3.63, 3.8) is 0 Å². The molecule has 3 rings (SSSR count). The summed E-state index contributed by atoms with van der Waals surface area (Å²) in [4.78, 5) is 12.2. The molecule has 3 aromatic rings. The fourth-order valence-electron chi connectivity index (χ4n) is 1.98. The Balaban J connectivity index is 1.63. The van der Waals surface area contributed by atoms with Crippen molar-refractivity contribution in [1.82, 2.24) is 10.2 Å². The third-order valence-electron chi connectivity index (χ3n) is 3.26. The van der Waals surface area contributed by atoms with Gasteiger partial charge in [-0.15, -0.1) is 10.2 Å². The minimum atomic E-state index is -0.540. The summed E-state index contributed by atoms with van der Waals surface area (Å²) in [5.41, 5.74) is 1.22. The Kier molecular flexibility index (Phi) is 5.35. The Bertz CT molecular complexity index is 889. The minimum absolute atomic E-state index is 0.0532. The third kappa shape index (κ3) is 4.37. The van der Waals surface area contributed by atoms with Crippen LogP contribution in [0.25, 0.3) is 11.5 Å². The van der Waals surface area contributed by atoms with Gasteiger partial charge in [-0.2, -0.15) is 0 Å². The quantitative estimate of drug-likeness (QED) is 0.655. The number of amides is 1. The van der Waals surface area contributed by atoms with E-state index in [1.165, 1.54) is 18.2 Å². The fourth-order valence-corrected chi connectivity index (χ4v) is 2.84. The number of nitrogens with one attached hydrogen (secondary N) is 1. The monoisotopic (exact) mass is 377 g/mol. The zero-order chi connectivity index (χ0) is 17.8. The van der Waals surface area contributed by atoms with E-state index in [1.54, 1.807) is 6.92 Å². The highest BCUT2D eigenvalue weighted by molar-refractivity contribution is 8.00. The Morgan fingerprint density at radius 3 is 2.72 bits per heavy atom. The maximum atomic E-state index is 13.1. The van der Waals surface area contributed by atoms with Gasteiger partial charge in [0.05, 0.1) is 10.3 Å². The number of anilines is 1.